The molecule has 6 heteroatoms. The van der Waals surface area contributed by atoms with E-state index in [1.807, 2.05) is 0 Å². The molecule has 5 nitrogen and oxygen atoms in total. The molecule has 0 saturated heterocycles. The summed E-state index contributed by atoms with van der Waals surface area (Å²) in [5.41, 5.74) is 1.06. The Morgan fingerprint density at radius 3 is 2.74 bits per heavy atom. The molecule has 0 spiro atoms. The molecule has 1 amide bonds. The topological polar surface area (TPSA) is 74.7 Å². The van der Waals surface area contributed by atoms with Crippen LogP contribution in [0.3, 0.4) is 0 Å². The second-order valence-electron chi connectivity index (χ2n) is 4.18. The lowest BCUT2D eigenvalue weighted by Gasteiger charge is -2.16. The van der Waals surface area contributed by atoms with Crippen LogP contribution in [-0.4, -0.2) is 29.3 Å². The van der Waals surface area contributed by atoms with Gasteiger partial charge >= 0.3 is 5.97 Å². The maximum atomic E-state index is 11.9. The number of Topliss-reactive ketones (excluding diaryl/α,β-unsaturated/α-hetero) is 1. The van der Waals surface area contributed by atoms with E-state index in [1.165, 1.54) is 11.0 Å². The lowest BCUT2D eigenvalue weighted by molar-refractivity contribution is -0.131. The number of rotatable bonds is 3. The third kappa shape index (κ3) is 2.37. The summed E-state index contributed by atoms with van der Waals surface area (Å²) in [6.45, 7) is 1.62. The average molecular weight is 280 g/mol. The molecule has 0 saturated carbocycles. The molecule has 1 aliphatic rings. The first-order valence-electron chi connectivity index (χ1n) is 5.46. The molecule has 1 aromatic rings. The van der Waals surface area contributed by atoms with Crippen LogP contribution in [0.2, 0.25) is 5.02 Å². The van der Waals surface area contributed by atoms with Crippen LogP contribution >= 0.6 is 11.6 Å². The van der Waals surface area contributed by atoms with Crippen molar-refractivity contribution in [1.82, 2.24) is 0 Å². The zero-order valence-corrected chi connectivity index (χ0v) is 10.8. The molecule has 19 heavy (non-hydrogen) atoms. The fraction of sp³-hybridized carbons (Fsp3) is 0.154. The van der Waals surface area contributed by atoms with Crippen LogP contribution in [0.1, 0.15) is 17.3 Å². The second kappa shape index (κ2) is 4.85. The summed E-state index contributed by atoms with van der Waals surface area (Å²) < 4.78 is 0. The number of fused-ring (bicyclic) bond motifs is 1. The summed E-state index contributed by atoms with van der Waals surface area (Å²) in [6, 6.07) is 4.78. The van der Waals surface area contributed by atoms with E-state index in [9.17, 15) is 14.4 Å². The lowest BCUT2D eigenvalue weighted by Crippen LogP contribution is -2.31. The van der Waals surface area contributed by atoms with Crippen LogP contribution in [0, 0.1) is 0 Å². The van der Waals surface area contributed by atoms with Gasteiger partial charge in [0.25, 0.3) is 11.7 Å². The fourth-order valence-electron chi connectivity index (χ4n) is 1.96. The van der Waals surface area contributed by atoms with E-state index in [0.29, 0.717) is 11.3 Å². The number of halogens is 1. The molecule has 0 atom stereocenters. The van der Waals surface area contributed by atoms with Crippen molar-refractivity contribution in [1.29, 1.82) is 0 Å². The predicted octanol–water partition coefficient (Wildman–Crippen LogP) is 1.90. The number of ketones is 1. The number of hydrogen-bond acceptors (Lipinski definition) is 3. The summed E-state index contributed by atoms with van der Waals surface area (Å²) in [6.07, 6.45) is 1.00. The van der Waals surface area contributed by atoms with Crippen LogP contribution in [-0.2, 0) is 9.59 Å². The number of carboxylic acid groups (broad SMARTS) is 1. The van der Waals surface area contributed by atoms with Gasteiger partial charge in [-0.2, -0.15) is 0 Å². The Morgan fingerprint density at radius 1 is 1.42 bits per heavy atom. The SMILES string of the molecule is C/C(=C\C(=O)O)CN1C(=O)C(=O)c2c(Cl)cccc21. The summed E-state index contributed by atoms with van der Waals surface area (Å²) in [5, 5.41) is 8.87. The number of nitrogens with zero attached hydrogens (tertiary/aromatic N) is 1. The molecule has 98 valence electrons. The van der Waals surface area contributed by atoms with Crippen molar-refractivity contribution in [3.8, 4) is 0 Å². The second-order valence-corrected chi connectivity index (χ2v) is 4.59. The Balaban J connectivity index is 2.40. The van der Waals surface area contributed by atoms with Crippen molar-refractivity contribution in [2.24, 2.45) is 0 Å². The van der Waals surface area contributed by atoms with Gasteiger partial charge in [0, 0.05) is 12.6 Å². The van der Waals surface area contributed by atoms with Gasteiger partial charge in [-0.3, -0.25) is 9.59 Å². The first-order valence-corrected chi connectivity index (χ1v) is 5.84. The molecule has 2 rings (SSSR count). The number of hydrogen-bond donors (Lipinski definition) is 1. The Hall–Kier alpha value is -2.14. The fourth-order valence-corrected chi connectivity index (χ4v) is 2.22. The highest BCUT2D eigenvalue weighted by molar-refractivity contribution is 6.55. The summed E-state index contributed by atoms with van der Waals surface area (Å²) in [5.74, 6) is -2.45. The van der Waals surface area contributed by atoms with Crippen LogP contribution < -0.4 is 4.90 Å². The number of amides is 1. The van der Waals surface area contributed by atoms with E-state index >= 15 is 0 Å². The minimum Gasteiger partial charge on any atom is -0.478 e. The van der Waals surface area contributed by atoms with E-state index in [4.69, 9.17) is 16.7 Å². The van der Waals surface area contributed by atoms with E-state index in [2.05, 4.69) is 0 Å². The van der Waals surface area contributed by atoms with Gasteiger partial charge in [0.2, 0.25) is 0 Å². The molecule has 0 unspecified atom stereocenters. The van der Waals surface area contributed by atoms with Gasteiger partial charge in [-0.15, -0.1) is 0 Å². The predicted molar refractivity (Wildman–Crippen MR) is 69.5 cm³/mol. The smallest absolute Gasteiger partial charge is 0.328 e. The first-order chi connectivity index (χ1) is 8.91. The summed E-state index contributed by atoms with van der Waals surface area (Å²) >= 11 is 5.91. The van der Waals surface area contributed by atoms with E-state index in [0.717, 1.165) is 6.08 Å². The Kier molecular flexibility index (Phi) is 3.40. The highest BCUT2D eigenvalue weighted by Crippen LogP contribution is 2.34. The Labute approximate surface area is 114 Å². The number of carboxylic acids is 1. The van der Waals surface area contributed by atoms with Crippen LogP contribution in [0.4, 0.5) is 5.69 Å². The van der Waals surface area contributed by atoms with Crippen molar-refractivity contribution >= 4 is 34.9 Å². The van der Waals surface area contributed by atoms with Gasteiger partial charge in [0.1, 0.15) is 0 Å². The monoisotopic (exact) mass is 279 g/mol. The van der Waals surface area contributed by atoms with Crippen molar-refractivity contribution in [3.63, 3.8) is 0 Å². The van der Waals surface area contributed by atoms with Crippen molar-refractivity contribution < 1.29 is 19.5 Å². The van der Waals surface area contributed by atoms with Gasteiger partial charge in [-0.25, -0.2) is 4.79 Å². The molecule has 1 N–H and O–H groups in total. The molecule has 0 aromatic heterocycles. The normalized spacial score (nSPS) is 14.8. The van der Waals surface area contributed by atoms with Crippen molar-refractivity contribution in [2.45, 2.75) is 6.92 Å². The minimum absolute atomic E-state index is 0.0458. The molecule has 0 bridgehead atoms. The van der Waals surface area contributed by atoms with Crippen LogP contribution in [0.15, 0.2) is 29.8 Å². The summed E-state index contributed by atoms with van der Waals surface area (Å²) in [7, 11) is 0. The van der Waals surface area contributed by atoms with Gasteiger partial charge < -0.3 is 10.0 Å². The first kappa shape index (κ1) is 13.3. The maximum Gasteiger partial charge on any atom is 0.328 e. The Bertz CT molecular complexity index is 621. The molecule has 1 aliphatic heterocycles. The largest absolute Gasteiger partial charge is 0.478 e. The van der Waals surface area contributed by atoms with Gasteiger partial charge in [0.15, 0.2) is 0 Å². The third-order valence-corrected chi connectivity index (χ3v) is 3.04. The standard InChI is InChI=1S/C13H10ClNO4/c1-7(5-10(16)17)6-15-9-4-2-3-8(14)11(9)12(18)13(15)19/h2-5H,6H2,1H3,(H,16,17)/b7-5+. The van der Waals surface area contributed by atoms with Gasteiger partial charge in [0.05, 0.1) is 16.3 Å². The number of anilines is 1. The number of carbonyl (C=O) groups excluding carboxylic acids is 2. The number of benzene rings is 1. The van der Waals surface area contributed by atoms with Gasteiger partial charge in [-0.1, -0.05) is 17.7 Å². The van der Waals surface area contributed by atoms with Crippen LogP contribution in [0.5, 0.6) is 0 Å². The zero-order valence-electron chi connectivity index (χ0n) is 10.0. The molecule has 1 heterocycles. The molecule has 0 aliphatic carbocycles. The average Bonchev–Trinajstić information content (AvgIpc) is 2.55. The van der Waals surface area contributed by atoms with Crippen molar-refractivity contribution in [2.75, 3.05) is 11.4 Å². The van der Waals surface area contributed by atoms with E-state index < -0.39 is 17.7 Å². The zero-order chi connectivity index (χ0) is 14.2. The molecule has 1 aromatic carbocycles. The highest BCUT2D eigenvalue weighted by atomic mass is 35.5. The Morgan fingerprint density at radius 2 is 2.11 bits per heavy atom. The van der Waals surface area contributed by atoms with Gasteiger partial charge in [-0.05, 0) is 24.6 Å². The van der Waals surface area contributed by atoms with E-state index in [1.54, 1.807) is 19.1 Å². The number of aliphatic carboxylic acids is 1. The molecular formula is C13H10ClNO4. The van der Waals surface area contributed by atoms with Crippen LogP contribution in [0.25, 0.3) is 0 Å². The quantitative estimate of drug-likeness (QED) is 0.677. The number of carbonyl (C=O) groups is 3. The lowest BCUT2D eigenvalue weighted by atomic mass is 10.1. The molecule has 0 fully saturated rings. The minimum atomic E-state index is -1.10. The maximum absolute atomic E-state index is 11.9. The molecular weight excluding hydrogens is 270 g/mol. The highest BCUT2D eigenvalue weighted by Gasteiger charge is 2.37. The van der Waals surface area contributed by atoms with Crippen molar-refractivity contribution in [3.05, 3.63) is 40.4 Å². The molecule has 0 radical (unpaired) electrons. The van der Waals surface area contributed by atoms with E-state index in [-0.39, 0.29) is 17.1 Å². The summed E-state index contributed by atoms with van der Waals surface area (Å²) in [4.78, 5) is 35.5. The third-order valence-electron chi connectivity index (χ3n) is 2.73.